The van der Waals surface area contributed by atoms with Gasteiger partial charge < -0.3 is 0 Å². The van der Waals surface area contributed by atoms with Crippen LogP contribution >= 0.6 is 11.6 Å². The largest absolute Gasteiger partial charge is 0.290 e. The summed E-state index contributed by atoms with van der Waals surface area (Å²) in [4.78, 5) is 13.5. The molecular weight excluding hydrogens is 322 g/mol. The van der Waals surface area contributed by atoms with Gasteiger partial charge in [-0.2, -0.15) is 5.10 Å². The van der Waals surface area contributed by atoms with Crippen LogP contribution in [0, 0.1) is 10.1 Å². The van der Waals surface area contributed by atoms with E-state index in [-0.39, 0.29) is 10.8 Å². The van der Waals surface area contributed by atoms with Crippen molar-refractivity contribution in [3.63, 3.8) is 0 Å². The average molecular weight is 332 g/mol. The van der Waals surface area contributed by atoms with E-state index in [0.717, 1.165) is 12.1 Å². The van der Waals surface area contributed by atoms with Crippen molar-refractivity contribution < 1.29 is 13.3 Å². The van der Waals surface area contributed by atoms with Crippen molar-refractivity contribution in [2.24, 2.45) is 0 Å². The molecule has 0 radical (unpaired) electrons. The lowest BCUT2D eigenvalue weighted by molar-refractivity contribution is -0.387. The summed E-state index contributed by atoms with van der Waals surface area (Å²) in [5.41, 5.74) is -0.597. The fraction of sp³-hybridized carbons (Fsp3) is 0.200. The minimum atomic E-state index is -4.12. The molecule has 21 heavy (non-hydrogen) atoms. The Labute approximate surface area is 124 Å². The molecule has 9 nitrogen and oxygen atoms in total. The van der Waals surface area contributed by atoms with E-state index in [9.17, 15) is 18.5 Å². The van der Waals surface area contributed by atoms with Gasteiger partial charge >= 0.3 is 0 Å². The zero-order valence-electron chi connectivity index (χ0n) is 10.6. The van der Waals surface area contributed by atoms with E-state index in [0.29, 0.717) is 0 Å². The first-order valence-corrected chi connectivity index (χ1v) is 7.49. The summed E-state index contributed by atoms with van der Waals surface area (Å²) in [6.07, 6.45) is 1.23. The van der Waals surface area contributed by atoms with E-state index >= 15 is 0 Å². The molecule has 0 spiro atoms. The van der Waals surface area contributed by atoms with E-state index in [1.807, 2.05) is 0 Å². The highest BCUT2D eigenvalue weighted by atomic mass is 35.5. The number of halogens is 1. The smallest absolute Gasteiger partial charge is 0.262 e. The summed E-state index contributed by atoms with van der Waals surface area (Å²) < 4.78 is 26.8. The maximum Gasteiger partial charge on any atom is 0.290 e. The number of aromatic nitrogens is 3. The van der Waals surface area contributed by atoms with Crippen LogP contribution in [0.2, 0.25) is 5.02 Å². The van der Waals surface area contributed by atoms with Gasteiger partial charge in [0.15, 0.2) is 4.90 Å². The van der Waals surface area contributed by atoms with Crippen LogP contribution < -0.4 is 4.72 Å². The lowest BCUT2D eigenvalue weighted by atomic mass is 10.3. The molecule has 1 atom stereocenters. The van der Waals surface area contributed by atoms with Gasteiger partial charge in [0.25, 0.3) is 5.69 Å². The SMILES string of the molecule is C[C@H](NS(=O)(=O)c1ccc(Cl)cc1[N+](=O)[O-])c1ncn[nH]1. The van der Waals surface area contributed by atoms with E-state index in [4.69, 9.17) is 11.6 Å². The van der Waals surface area contributed by atoms with Crippen LogP contribution in [0.3, 0.4) is 0 Å². The van der Waals surface area contributed by atoms with Gasteiger partial charge in [-0.25, -0.2) is 18.1 Å². The average Bonchev–Trinajstić information content (AvgIpc) is 2.91. The third-order valence-electron chi connectivity index (χ3n) is 2.58. The molecule has 0 unspecified atom stereocenters. The van der Waals surface area contributed by atoms with Gasteiger partial charge in [0, 0.05) is 11.1 Å². The van der Waals surface area contributed by atoms with Crippen LogP contribution in [-0.4, -0.2) is 28.5 Å². The predicted octanol–water partition coefficient (Wildman–Crippen LogP) is 1.41. The fourth-order valence-electron chi connectivity index (χ4n) is 1.64. The molecule has 0 amide bonds. The van der Waals surface area contributed by atoms with Crippen LogP contribution in [0.1, 0.15) is 18.8 Å². The number of nitrogens with zero attached hydrogens (tertiary/aromatic N) is 3. The number of H-pyrrole nitrogens is 1. The fourth-order valence-corrected chi connectivity index (χ4v) is 3.16. The Morgan fingerprint density at radius 3 is 2.76 bits per heavy atom. The summed E-state index contributed by atoms with van der Waals surface area (Å²) in [5, 5.41) is 17.2. The normalized spacial score (nSPS) is 13.0. The number of sulfonamides is 1. The molecule has 0 aliphatic heterocycles. The highest BCUT2D eigenvalue weighted by Gasteiger charge is 2.28. The summed E-state index contributed by atoms with van der Waals surface area (Å²) in [6.45, 7) is 1.53. The number of aromatic amines is 1. The molecule has 1 heterocycles. The first-order valence-electron chi connectivity index (χ1n) is 5.63. The van der Waals surface area contributed by atoms with Crippen molar-refractivity contribution in [1.82, 2.24) is 19.9 Å². The molecule has 0 bridgehead atoms. The Kier molecular flexibility index (Phi) is 4.21. The van der Waals surface area contributed by atoms with Crippen LogP contribution in [0.25, 0.3) is 0 Å². The van der Waals surface area contributed by atoms with Gasteiger partial charge in [0.2, 0.25) is 10.0 Å². The molecule has 1 aromatic carbocycles. The minimum Gasteiger partial charge on any atom is -0.262 e. The van der Waals surface area contributed by atoms with Gasteiger partial charge in [-0.1, -0.05) is 11.6 Å². The van der Waals surface area contributed by atoms with Crippen molar-refractivity contribution in [2.45, 2.75) is 17.9 Å². The van der Waals surface area contributed by atoms with Gasteiger partial charge in [0.05, 0.1) is 11.0 Å². The zero-order chi connectivity index (χ0) is 15.6. The number of nitrogens with one attached hydrogen (secondary N) is 2. The van der Waals surface area contributed by atoms with Crippen molar-refractivity contribution in [1.29, 1.82) is 0 Å². The molecule has 2 aromatic rings. The van der Waals surface area contributed by atoms with Crippen molar-refractivity contribution >= 4 is 27.3 Å². The highest BCUT2D eigenvalue weighted by Crippen LogP contribution is 2.27. The summed E-state index contributed by atoms with van der Waals surface area (Å²) in [5.74, 6) is 0.287. The second kappa shape index (κ2) is 5.76. The maximum atomic E-state index is 12.3. The number of nitro groups is 1. The Hall–Kier alpha value is -2.04. The first kappa shape index (κ1) is 15.4. The standard InChI is InChI=1S/C10H10ClN5O4S/c1-6(10-12-5-13-14-10)15-21(19,20)9-3-2-7(11)4-8(9)16(17)18/h2-6,15H,1H3,(H,12,13,14)/t6-/m0/s1. The molecule has 0 saturated heterocycles. The monoisotopic (exact) mass is 331 g/mol. The van der Waals surface area contributed by atoms with Crippen LogP contribution in [0.5, 0.6) is 0 Å². The van der Waals surface area contributed by atoms with E-state index < -0.39 is 31.6 Å². The van der Waals surface area contributed by atoms with Gasteiger partial charge in [-0.3, -0.25) is 15.2 Å². The van der Waals surface area contributed by atoms with Crippen molar-refractivity contribution in [3.05, 3.63) is 45.5 Å². The molecule has 0 aliphatic carbocycles. The van der Waals surface area contributed by atoms with E-state index in [1.54, 1.807) is 0 Å². The van der Waals surface area contributed by atoms with Gasteiger partial charge in [-0.15, -0.1) is 0 Å². The molecule has 0 saturated carbocycles. The second-order valence-corrected chi connectivity index (χ2v) is 6.20. The molecule has 11 heteroatoms. The number of hydrogen-bond acceptors (Lipinski definition) is 6. The highest BCUT2D eigenvalue weighted by molar-refractivity contribution is 7.89. The summed E-state index contributed by atoms with van der Waals surface area (Å²) >= 11 is 5.66. The third kappa shape index (κ3) is 3.35. The molecule has 2 rings (SSSR count). The Morgan fingerprint density at radius 2 is 2.19 bits per heavy atom. The Morgan fingerprint density at radius 1 is 1.48 bits per heavy atom. The number of hydrogen-bond donors (Lipinski definition) is 2. The summed E-state index contributed by atoms with van der Waals surface area (Å²) in [6, 6.07) is 2.60. The Balaban J connectivity index is 2.38. The maximum absolute atomic E-state index is 12.3. The van der Waals surface area contributed by atoms with Gasteiger partial charge in [0.1, 0.15) is 12.2 Å². The number of nitro benzene ring substituents is 1. The quantitative estimate of drug-likeness (QED) is 0.629. The molecule has 0 aliphatic rings. The molecule has 0 fully saturated rings. The lowest BCUT2D eigenvalue weighted by Crippen LogP contribution is -2.28. The minimum absolute atomic E-state index is 0.0731. The van der Waals surface area contributed by atoms with Crippen LogP contribution in [0.4, 0.5) is 5.69 Å². The van der Waals surface area contributed by atoms with Crippen LogP contribution in [-0.2, 0) is 10.0 Å². The van der Waals surface area contributed by atoms with Crippen molar-refractivity contribution in [2.75, 3.05) is 0 Å². The molecular formula is C10H10ClN5O4S. The number of rotatable bonds is 5. The summed E-state index contributed by atoms with van der Waals surface area (Å²) in [7, 11) is -4.12. The third-order valence-corrected chi connectivity index (χ3v) is 4.41. The van der Waals surface area contributed by atoms with Gasteiger partial charge in [-0.05, 0) is 19.1 Å². The molecule has 2 N–H and O–H groups in total. The van der Waals surface area contributed by atoms with E-state index in [2.05, 4.69) is 19.9 Å². The first-order chi connectivity index (χ1) is 9.81. The second-order valence-electron chi connectivity index (χ2n) is 4.08. The lowest BCUT2D eigenvalue weighted by Gasteiger charge is -2.12. The Bertz CT molecular complexity index is 762. The van der Waals surface area contributed by atoms with Crippen molar-refractivity contribution in [3.8, 4) is 0 Å². The number of benzene rings is 1. The topological polar surface area (TPSA) is 131 Å². The van der Waals surface area contributed by atoms with E-state index in [1.165, 1.54) is 19.3 Å². The predicted molar refractivity (Wildman–Crippen MR) is 73.2 cm³/mol. The molecule has 112 valence electrons. The molecule has 1 aromatic heterocycles. The zero-order valence-corrected chi connectivity index (χ0v) is 12.2. The van der Waals surface area contributed by atoms with Crippen LogP contribution in [0.15, 0.2) is 29.4 Å².